The SMILES string of the molecule is CCn1nc(Cc2cccs2)nc1C[C@H](N)c1ccc(OC)c(OC)c1. The predicted octanol–water partition coefficient (Wildman–Crippen LogP) is 3.21. The van der Waals surface area contributed by atoms with Gasteiger partial charge in [0.1, 0.15) is 5.82 Å². The highest BCUT2D eigenvalue weighted by Gasteiger charge is 2.16. The Bertz CT molecular complexity index is 845. The number of aryl methyl sites for hydroxylation is 1. The number of benzene rings is 1. The summed E-state index contributed by atoms with van der Waals surface area (Å²) in [5.41, 5.74) is 7.42. The van der Waals surface area contributed by atoms with E-state index < -0.39 is 0 Å². The number of hydrogen-bond acceptors (Lipinski definition) is 6. The van der Waals surface area contributed by atoms with Gasteiger partial charge < -0.3 is 15.2 Å². The van der Waals surface area contributed by atoms with E-state index in [-0.39, 0.29) is 6.04 Å². The highest BCUT2D eigenvalue weighted by atomic mass is 32.1. The molecule has 2 N–H and O–H groups in total. The summed E-state index contributed by atoms with van der Waals surface area (Å²) in [6.45, 7) is 2.83. The number of aromatic nitrogens is 3. The second kappa shape index (κ2) is 8.33. The molecule has 0 unspecified atom stereocenters. The number of nitrogens with zero attached hydrogens (tertiary/aromatic N) is 3. The number of hydrogen-bond donors (Lipinski definition) is 1. The van der Waals surface area contributed by atoms with Crippen LogP contribution >= 0.6 is 11.3 Å². The zero-order valence-electron chi connectivity index (χ0n) is 15.3. The van der Waals surface area contributed by atoms with E-state index >= 15 is 0 Å². The molecule has 6 nitrogen and oxygen atoms in total. The van der Waals surface area contributed by atoms with Crippen LogP contribution in [0.1, 0.15) is 35.1 Å². The molecule has 0 aliphatic rings. The molecule has 1 atom stereocenters. The summed E-state index contributed by atoms with van der Waals surface area (Å²) in [6, 6.07) is 9.71. The monoisotopic (exact) mass is 372 g/mol. The lowest BCUT2D eigenvalue weighted by Crippen LogP contribution is -2.17. The van der Waals surface area contributed by atoms with Gasteiger partial charge in [-0.05, 0) is 36.1 Å². The van der Waals surface area contributed by atoms with Gasteiger partial charge in [0.15, 0.2) is 17.3 Å². The Morgan fingerprint density at radius 1 is 1.19 bits per heavy atom. The molecule has 138 valence electrons. The van der Waals surface area contributed by atoms with Gasteiger partial charge in [-0.15, -0.1) is 11.3 Å². The number of nitrogens with two attached hydrogens (primary N) is 1. The van der Waals surface area contributed by atoms with Gasteiger partial charge in [0.05, 0.1) is 14.2 Å². The van der Waals surface area contributed by atoms with Crippen LogP contribution < -0.4 is 15.2 Å². The standard InChI is InChI=1S/C19H24N4O2S/c1-4-23-19(21-18(22-23)11-14-6-5-9-26-14)12-15(20)13-7-8-16(24-2)17(10-13)25-3/h5-10,15H,4,11-12,20H2,1-3H3/t15-/m0/s1. The number of thiophene rings is 1. The molecule has 3 aromatic rings. The lowest BCUT2D eigenvalue weighted by molar-refractivity contribution is 0.354. The molecule has 26 heavy (non-hydrogen) atoms. The van der Waals surface area contributed by atoms with Crippen LogP contribution in [-0.4, -0.2) is 29.0 Å². The van der Waals surface area contributed by atoms with Gasteiger partial charge in [-0.1, -0.05) is 12.1 Å². The van der Waals surface area contributed by atoms with Crippen LogP contribution in [0.15, 0.2) is 35.7 Å². The van der Waals surface area contributed by atoms with Crippen molar-refractivity contribution in [3.05, 3.63) is 57.8 Å². The van der Waals surface area contributed by atoms with Crippen LogP contribution in [0.4, 0.5) is 0 Å². The van der Waals surface area contributed by atoms with Crippen molar-refractivity contribution in [3.8, 4) is 11.5 Å². The molecule has 7 heteroatoms. The normalized spacial score (nSPS) is 12.2. The van der Waals surface area contributed by atoms with Crippen LogP contribution in [0.25, 0.3) is 0 Å². The van der Waals surface area contributed by atoms with Crippen LogP contribution in [0, 0.1) is 0 Å². The largest absolute Gasteiger partial charge is 0.493 e. The molecule has 0 fully saturated rings. The van der Waals surface area contributed by atoms with Crippen LogP contribution in [0.3, 0.4) is 0 Å². The highest BCUT2D eigenvalue weighted by molar-refractivity contribution is 7.09. The van der Waals surface area contributed by atoms with Crippen LogP contribution in [0.5, 0.6) is 11.5 Å². The Labute approximate surface area is 157 Å². The molecule has 1 aromatic carbocycles. The van der Waals surface area contributed by atoms with Crippen molar-refractivity contribution in [2.45, 2.75) is 32.4 Å². The summed E-state index contributed by atoms with van der Waals surface area (Å²) < 4.78 is 12.6. The maximum Gasteiger partial charge on any atom is 0.161 e. The second-order valence-electron chi connectivity index (χ2n) is 5.94. The highest BCUT2D eigenvalue weighted by Crippen LogP contribution is 2.30. The van der Waals surface area contributed by atoms with E-state index in [2.05, 4.69) is 23.5 Å². The Balaban J connectivity index is 1.78. The van der Waals surface area contributed by atoms with E-state index in [0.29, 0.717) is 17.9 Å². The zero-order valence-corrected chi connectivity index (χ0v) is 16.1. The van der Waals surface area contributed by atoms with Gasteiger partial charge in [-0.3, -0.25) is 4.68 Å². The fourth-order valence-corrected chi connectivity index (χ4v) is 3.57. The first-order valence-corrected chi connectivity index (χ1v) is 9.45. The molecule has 0 amide bonds. The van der Waals surface area contributed by atoms with Gasteiger partial charge in [0.2, 0.25) is 0 Å². The van der Waals surface area contributed by atoms with Crippen LogP contribution in [0.2, 0.25) is 0 Å². The van der Waals surface area contributed by atoms with E-state index in [1.807, 2.05) is 28.9 Å². The molecule has 2 aromatic heterocycles. The van der Waals surface area contributed by atoms with Gasteiger partial charge in [-0.25, -0.2) is 4.98 Å². The Morgan fingerprint density at radius 3 is 2.65 bits per heavy atom. The molecule has 0 aliphatic carbocycles. The van der Waals surface area contributed by atoms with E-state index in [9.17, 15) is 0 Å². The molecular formula is C19H24N4O2S. The maximum atomic E-state index is 6.44. The lowest BCUT2D eigenvalue weighted by atomic mass is 10.0. The van der Waals surface area contributed by atoms with Crippen molar-refractivity contribution in [2.75, 3.05) is 14.2 Å². The summed E-state index contributed by atoms with van der Waals surface area (Å²) >= 11 is 1.72. The maximum absolute atomic E-state index is 6.44. The minimum Gasteiger partial charge on any atom is -0.493 e. The smallest absolute Gasteiger partial charge is 0.161 e. The average molecular weight is 372 g/mol. The third kappa shape index (κ3) is 4.05. The third-order valence-corrected chi connectivity index (χ3v) is 5.12. The van der Waals surface area contributed by atoms with Gasteiger partial charge in [-0.2, -0.15) is 5.10 Å². The first-order chi connectivity index (χ1) is 12.6. The zero-order chi connectivity index (χ0) is 18.5. The molecule has 0 saturated heterocycles. The summed E-state index contributed by atoms with van der Waals surface area (Å²) in [4.78, 5) is 5.98. The summed E-state index contributed by atoms with van der Waals surface area (Å²) in [5.74, 6) is 3.11. The number of methoxy groups -OCH3 is 2. The molecule has 0 aliphatic heterocycles. The predicted molar refractivity (Wildman–Crippen MR) is 103 cm³/mol. The van der Waals surface area contributed by atoms with Crippen molar-refractivity contribution in [1.29, 1.82) is 0 Å². The van der Waals surface area contributed by atoms with E-state index in [1.54, 1.807) is 25.6 Å². The molecule has 0 bridgehead atoms. The number of ether oxygens (including phenoxy) is 2. The van der Waals surface area contributed by atoms with Crippen LogP contribution in [-0.2, 0) is 19.4 Å². The molecule has 2 heterocycles. The molecule has 0 saturated carbocycles. The average Bonchev–Trinajstić information content (AvgIpc) is 3.31. The third-order valence-electron chi connectivity index (χ3n) is 4.24. The summed E-state index contributed by atoms with van der Waals surface area (Å²) in [6.07, 6.45) is 1.37. The van der Waals surface area contributed by atoms with Crippen molar-refractivity contribution < 1.29 is 9.47 Å². The van der Waals surface area contributed by atoms with Gasteiger partial charge in [0.25, 0.3) is 0 Å². The van der Waals surface area contributed by atoms with E-state index in [1.165, 1.54) is 4.88 Å². The van der Waals surface area contributed by atoms with Gasteiger partial charge >= 0.3 is 0 Å². The minimum atomic E-state index is -0.195. The fraction of sp³-hybridized carbons (Fsp3) is 0.368. The summed E-state index contributed by atoms with van der Waals surface area (Å²) in [5, 5.41) is 6.69. The quantitative estimate of drug-likeness (QED) is 0.657. The first-order valence-electron chi connectivity index (χ1n) is 8.57. The number of rotatable bonds is 8. The minimum absolute atomic E-state index is 0.195. The topological polar surface area (TPSA) is 75.2 Å². The van der Waals surface area contributed by atoms with E-state index in [4.69, 9.17) is 20.2 Å². The molecule has 0 radical (unpaired) electrons. The Kier molecular flexibility index (Phi) is 5.90. The molecule has 0 spiro atoms. The Morgan fingerprint density at radius 2 is 2.00 bits per heavy atom. The lowest BCUT2D eigenvalue weighted by Gasteiger charge is -2.15. The van der Waals surface area contributed by atoms with Crippen molar-refractivity contribution in [1.82, 2.24) is 14.8 Å². The van der Waals surface area contributed by atoms with Crippen molar-refractivity contribution >= 4 is 11.3 Å². The molecule has 3 rings (SSSR count). The van der Waals surface area contributed by atoms with E-state index in [0.717, 1.165) is 30.2 Å². The Hall–Kier alpha value is -2.38. The second-order valence-corrected chi connectivity index (χ2v) is 6.97. The summed E-state index contributed by atoms with van der Waals surface area (Å²) in [7, 11) is 3.24. The first kappa shape index (κ1) is 18.4. The van der Waals surface area contributed by atoms with Crippen molar-refractivity contribution in [3.63, 3.8) is 0 Å². The van der Waals surface area contributed by atoms with Gasteiger partial charge in [0, 0.05) is 30.3 Å². The van der Waals surface area contributed by atoms with Crippen molar-refractivity contribution in [2.24, 2.45) is 5.73 Å². The molecular weight excluding hydrogens is 348 g/mol. The fourth-order valence-electron chi connectivity index (χ4n) is 2.87.